The lowest BCUT2D eigenvalue weighted by atomic mass is 9.95. The SMILES string of the molecule is Cc1ccccc1CN1CCC(C(=O)Nc2nc(-c3ccc(Cl)cc3)c(-c3ccc(Cl)cc3)s2)CC1. The minimum absolute atomic E-state index is 0.0139. The molecule has 1 saturated heterocycles. The molecule has 1 N–H and O–H groups in total. The molecule has 1 aromatic heterocycles. The van der Waals surface area contributed by atoms with Crippen molar-refractivity contribution in [2.24, 2.45) is 5.92 Å². The number of carbonyl (C=O) groups excluding carboxylic acids is 1. The number of rotatable bonds is 6. The topological polar surface area (TPSA) is 45.2 Å². The van der Waals surface area contributed by atoms with E-state index < -0.39 is 0 Å². The van der Waals surface area contributed by atoms with E-state index in [-0.39, 0.29) is 11.8 Å². The van der Waals surface area contributed by atoms with Crippen LogP contribution in [0.3, 0.4) is 0 Å². The number of aromatic nitrogens is 1. The number of amides is 1. The number of piperidine rings is 1. The van der Waals surface area contributed by atoms with E-state index in [0.29, 0.717) is 15.2 Å². The number of aryl methyl sites for hydroxylation is 1. The monoisotopic (exact) mass is 535 g/mol. The number of anilines is 1. The second-order valence-electron chi connectivity index (χ2n) is 9.18. The summed E-state index contributed by atoms with van der Waals surface area (Å²) < 4.78 is 0. The van der Waals surface area contributed by atoms with Gasteiger partial charge in [0.05, 0.1) is 10.6 Å². The fraction of sp³-hybridized carbons (Fsp3) is 0.241. The molecule has 7 heteroatoms. The predicted molar refractivity (Wildman–Crippen MR) is 151 cm³/mol. The molecule has 3 aromatic carbocycles. The van der Waals surface area contributed by atoms with Crippen molar-refractivity contribution in [1.29, 1.82) is 0 Å². The van der Waals surface area contributed by atoms with Crippen LogP contribution in [0, 0.1) is 12.8 Å². The molecular formula is C29H27Cl2N3OS. The molecule has 1 fully saturated rings. The molecular weight excluding hydrogens is 509 g/mol. The first kappa shape index (κ1) is 25.0. The third-order valence-electron chi connectivity index (χ3n) is 6.69. The average Bonchev–Trinajstić information content (AvgIpc) is 3.30. The quantitative estimate of drug-likeness (QED) is 0.272. The van der Waals surface area contributed by atoms with Gasteiger partial charge in [-0.2, -0.15) is 0 Å². The van der Waals surface area contributed by atoms with Crippen LogP contribution >= 0.6 is 34.5 Å². The maximum absolute atomic E-state index is 13.2. The highest BCUT2D eigenvalue weighted by atomic mass is 35.5. The number of benzene rings is 3. The van der Waals surface area contributed by atoms with Gasteiger partial charge in [-0.25, -0.2) is 4.98 Å². The third kappa shape index (κ3) is 5.81. The fourth-order valence-corrected chi connectivity index (χ4v) is 5.81. The number of thiazole rings is 1. The average molecular weight is 537 g/mol. The second-order valence-corrected chi connectivity index (χ2v) is 11.0. The van der Waals surface area contributed by atoms with Gasteiger partial charge < -0.3 is 5.32 Å². The van der Waals surface area contributed by atoms with Gasteiger partial charge in [0, 0.05) is 28.1 Å². The van der Waals surface area contributed by atoms with Crippen LogP contribution in [0.2, 0.25) is 10.0 Å². The van der Waals surface area contributed by atoms with Gasteiger partial charge in [0.2, 0.25) is 5.91 Å². The summed E-state index contributed by atoms with van der Waals surface area (Å²) in [6.07, 6.45) is 1.69. The van der Waals surface area contributed by atoms with Gasteiger partial charge >= 0.3 is 0 Å². The molecule has 0 spiro atoms. The fourth-order valence-electron chi connectivity index (χ4n) is 4.56. The zero-order chi connectivity index (χ0) is 25.1. The highest BCUT2D eigenvalue weighted by Gasteiger charge is 2.26. The Balaban J connectivity index is 1.29. The van der Waals surface area contributed by atoms with E-state index in [9.17, 15) is 4.79 Å². The number of likely N-dealkylation sites (tertiary alicyclic amines) is 1. The second kappa shape index (κ2) is 11.1. The Labute approximate surface area is 225 Å². The first-order valence-corrected chi connectivity index (χ1v) is 13.6. The summed E-state index contributed by atoms with van der Waals surface area (Å²) in [5, 5.41) is 5.06. The van der Waals surface area contributed by atoms with E-state index in [0.717, 1.165) is 54.2 Å². The molecule has 184 valence electrons. The molecule has 0 saturated carbocycles. The summed E-state index contributed by atoms with van der Waals surface area (Å²) in [4.78, 5) is 21.4. The maximum Gasteiger partial charge on any atom is 0.229 e. The van der Waals surface area contributed by atoms with Crippen LogP contribution in [0.25, 0.3) is 21.7 Å². The van der Waals surface area contributed by atoms with Crippen molar-refractivity contribution in [2.75, 3.05) is 18.4 Å². The number of nitrogens with zero attached hydrogens (tertiary/aromatic N) is 2. The van der Waals surface area contributed by atoms with Gasteiger partial charge in [-0.1, -0.05) is 83.1 Å². The van der Waals surface area contributed by atoms with Gasteiger partial charge in [-0.3, -0.25) is 9.69 Å². The van der Waals surface area contributed by atoms with Crippen molar-refractivity contribution < 1.29 is 4.79 Å². The van der Waals surface area contributed by atoms with E-state index in [1.165, 1.54) is 22.5 Å². The van der Waals surface area contributed by atoms with E-state index in [2.05, 4.69) is 41.4 Å². The van der Waals surface area contributed by atoms with Crippen molar-refractivity contribution in [3.05, 3.63) is 94.0 Å². The van der Waals surface area contributed by atoms with Crippen LogP contribution in [-0.2, 0) is 11.3 Å². The smallest absolute Gasteiger partial charge is 0.229 e. The van der Waals surface area contributed by atoms with Crippen LogP contribution in [0.5, 0.6) is 0 Å². The van der Waals surface area contributed by atoms with Gasteiger partial charge in [0.25, 0.3) is 0 Å². The number of nitrogens with one attached hydrogen (secondary N) is 1. The van der Waals surface area contributed by atoms with E-state index in [1.807, 2.05) is 48.5 Å². The number of hydrogen-bond donors (Lipinski definition) is 1. The number of halogens is 2. The molecule has 1 amide bonds. The Morgan fingerprint density at radius 2 is 1.56 bits per heavy atom. The Morgan fingerprint density at radius 3 is 2.19 bits per heavy atom. The van der Waals surface area contributed by atoms with Crippen molar-refractivity contribution in [2.45, 2.75) is 26.3 Å². The van der Waals surface area contributed by atoms with Gasteiger partial charge in [0.1, 0.15) is 0 Å². The first-order valence-electron chi connectivity index (χ1n) is 12.1. The molecule has 36 heavy (non-hydrogen) atoms. The van der Waals surface area contributed by atoms with E-state index in [1.54, 1.807) is 0 Å². The summed E-state index contributed by atoms with van der Waals surface area (Å²) in [5.41, 5.74) is 5.45. The van der Waals surface area contributed by atoms with Crippen molar-refractivity contribution in [3.8, 4) is 21.7 Å². The molecule has 0 atom stereocenters. The van der Waals surface area contributed by atoms with Crippen LogP contribution < -0.4 is 5.32 Å². The zero-order valence-electron chi connectivity index (χ0n) is 20.0. The van der Waals surface area contributed by atoms with E-state index >= 15 is 0 Å². The highest BCUT2D eigenvalue weighted by molar-refractivity contribution is 7.19. The molecule has 1 aliphatic heterocycles. The van der Waals surface area contributed by atoms with Crippen LogP contribution in [0.1, 0.15) is 24.0 Å². The first-order chi connectivity index (χ1) is 17.5. The van der Waals surface area contributed by atoms with Crippen molar-refractivity contribution in [1.82, 2.24) is 9.88 Å². The standard InChI is InChI=1S/C29H27Cl2N3OS/c1-19-4-2-3-5-23(19)18-34-16-14-22(15-17-34)28(35)33-29-32-26(20-6-10-24(30)11-7-20)27(36-29)21-8-12-25(31)13-9-21/h2-13,22H,14-18H2,1H3,(H,32,33,35). The highest BCUT2D eigenvalue weighted by Crippen LogP contribution is 2.40. The maximum atomic E-state index is 13.2. The van der Waals surface area contributed by atoms with Crippen LogP contribution in [0.4, 0.5) is 5.13 Å². The Kier molecular flexibility index (Phi) is 7.73. The van der Waals surface area contributed by atoms with Gasteiger partial charge in [-0.15, -0.1) is 0 Å². The normalized spacial score (nSPS) is 14.6. The summed E-state index contributed by atoms with van der Waals surface area (Å²) in [6, 6.07) is 23.8. The molecule has 0 radical (unpaired) electrons. The van der Waals surface area contributed by atoms with Gasteiger partial charge in [0.15, 0.2) is 5.13 Å². The predicted octanol–water partition coefficient (Wildman–Crippen LogP) is 7.94. The lowest BCUT2D eigenvalue weighted by Crippen LogP contribution is -2.37. The lowest BCUT2D eigenvalue weighted by Gasteiger charge is -2.31. The largest absolute Gasteiger partial charge is 0.302 e. The van der Waals surface area contributed by atoms with Crippen LogP contribution in [0.15, 0.2) is 72.8 Å². The van der Waals surface area contributed by atoms with Crippen molar-refractivity contribution in [3.63, 3.8) is 0 Å². The Bertz CT molecular complexity index is 1280. The Morgan fingerprint density at radius 1 is 0.944 bits per heavy atom. The molecule has 4 nitrogen and oxygen atoms in total. The zero-order valence-corrected chi connectivity index (χ0v) is 22.3. The third-order valence-corrected chi connectivity index (χ3v) is 8.22. The summed E-state index contributed by atoms with van der Waals surface area (Å²) in [5.74, 6) is 0.0320. The molecule has 0 bridgehead atoms. The summed E-state index contributed by atoms with van der Waals surface area (Å²) >= 11 is 13.7. The molecule has 5 rings (SSSR count). The molecule has 0 aliphatic carbocycles. The number of hydrogen-bond acceptors (Lipinski definition) is 4. The molecule has 2 heterocycles. The van der Waals surface area contributed by atoms with Crippen LogP contribution in [-0.4, -0.2) is 28.9 Å². The summed E-state index contributed by atoms with van der Waals surface area (Å²) in [7, 11) is 0. The van der Waals surface area contributed by atoms with Crippen molar-refractivity contribution >= 4 is 45.6 Å². The van der Waals surface area contributed by atoms with E-state index in [4.69, 9.17) is 28.2 Å². The molecule has 1 aliphatic rings. The number of carbonyl (C=O) groups is 1. The Hall–Kier alpha value is -2.70. The minimum Gasteiger partial charge on any atom is -0.302 e. The summed E-state index contributed by atoms with van der Waals surface area (Å²) in [6.45, 7) is 4.91. The molecule has 4 aromatic rings. The minimum atomic E-state index is -0.0139. The lowest BCUT2D eigenvalue weighted by molar-refractivity contribution is -0.121. The molecule has 0 unspecified atom stereocenters. The van der Waals surface area contributed by atoms with Gasteiger partial charge in [-0.05, 0) is 73.8 Å².